The number of nitrogens with zero attached hydrogens (tertiary/aromatic N) is 1. The predicted molar refractivity (Wildman–Crippen MR) is 110 cm³/mol. The van der Waals surface area contributed by atoms with E-state index in [9.17, 15) is 9.59 Å². The quantitative estimate of drug-likeness (QED) is 0.676. The number of rotatable bonds is 4. The van der Waals surface area contributed by atoms with Crippen molar-refractivity contribution in [3.63, 3.8) is 0 Å². The Morgan fingerprint density at radius 1 is 0.929 bits per heavy atom. The molecule has 0 bridgehead atoms. The van der Waals surface area contributed by atoms with Gasteiger partial charge in [0.2, 0.25) is 5.91 Å². The summed E-state index contributed by atoms with van der Waals surface area (Å²) < 4.78 is 0. The Morgan fingerprint density at radius 3 is 2.43 bits per heavy atom. The van der Waals surface area contributed by atoms with Gasteiger partial charge in [-0.1, -0.05) is 67.8 Å². The Kier molecular flexibility index (Phi) is 5.20. The van der Waals surface area contributed by atoms with E-state index in [0.29, 0.717) is 12.0 Å². The number of imide groups is 1. The summed E-state index contributed by atoms with van der Waals surface area (Å²) in [7, 11) is 0. The van der Waals surface area contributed by atoms with E-state index in [-0.39, 0.29) is 11.8 Å². The van der Waals surface area contributed by atoms with Crippen LogP contribution in [0.2, 0.25) is 0 Å². The largest absolute Gasteiger partial charge is 0.292 e. The second kappa shape index (κ2) is 7.93. The molecule has 1 fully saturated rings. The Morgan fingerprint density at radius 2 is 1.64 bits per heavy atom. The number of carbonyl (C=O) groups excluding carboxylic acids is 2. The van der Waals surface area contributed by atoms with Gasteiger partial charge in [-0.25, -0.2) is 0 Å². The number of carbonyl (C=O) groups is 2. The molecule has 1 N–H and O–H groups in total. The average Bonchev–Trinajstić information content (AvgIpc) is 2.74. The molecule has 0 unspecified atom stereocenters. The van der Waals surface area contributed by atoms with Crippen molar-refractivity contribution in [1.29, 1.82) is 0 Å². The number of benzene rings is 2. The smallest absolute Gasteiger partial charge is 0.259 e. The highest BCUT2D eigenvalue weighted by molar-refractivity contribution is 6.07. The van der Waals surface area contributed by atoms with Gasteiger partial charge in [-0.2, -0.15) is 0 Å². The van der Waals surface area contributed by atoms with Gasteiger partial charge >= 0.3 is 0 Å². The molecule has 28 heavy (non-hydrogen) atoms. The van der Waals surface area contributed by atoms with Gasteiger partial charge < -0.3 is 0 Å². The third kappa shape index (κ3) is 3.81. The van der Waals surface area contributed by atoms with Gasteiger partial charge in [-0.15, -0.1) is 0 Å². The zero-order valence-electron chi connectivity index (χ0n) is 15.9. The fraction of sp³-hybridized carbons (Fsp3) is 0.292. The number of pyridine rings is 1. The minimum Gasteiger partial charge on any atom is -0.292 e. The summed E-state index contributed by atoms with van der Waals surface area (Å²) in [5, 5.41) is 3.56. The standard InChI is InChI=1S/C24H24N2O2/c27-22(20-15-19-11-5-6-12-21(19)25-17-20)26-23(28)24(13-7-2-8-14-24)16-18-9-3-1-4-10-18/h1,3-6,9-12,15,17H,2,7-8,13-14,16H2,(H,26,27,28). The van der Waals surface area contributed by atoms with E-state index in [4.69, 9.17) is 0 Å². The molecule has 1 aliphatic carbocycles. The summed E-state index contributed by atoms with van der Waals surface area (Å²) in [5.41, 5.74) is 1.87. The van der Waals surface area contributed by atoms with Crippen molar-refractivity contribution in [3.05, 3.63) is 78.0 Å². The molecule has 142 valence electrons. The molecule has 2 amide bonds. The van der Waals surface area contributed by atoms with Crippen LogP contribution in [0.25, 0.3) is 10.9 Å². The number of nitrogens with one attached hydrogen (secondary N) is 1. The first-order valence-electron chi connectivity index (χ1n) is 9.91. The fourth-order valence-electron chi connectivity index (χ4n) is 4.20. The van der Waals surface area contributed by atoms with Gasteiger partial charge in [0.1, 0.15) is 0 Å². The summed E-state index contributed by atoms with van der Waals surface area (Å²) in [6.45, 7) is 0. The predicted octanol–water partition coefficient (Wildman–Crippen LogP) is 4.68. The van der Waals surface area contributed by atoms with E-state index in [1.54, 1.807) is 6.07 Å². The van der Waals surface area contributed by atoms with Gasteiger partial charge in [-0.05, 0) is 37.0 Å². The molecule has 1 saturated carbocycles. The maximum atomic E-state index is 13.2. The van der Waals surface area contributed by atoms with Crippen LogP contribution in [0, 0.1) is 5.41 Å². The van der Waals surface area contributed by atoms with Gasteiger partial charge in [0, 0.05) is 11.6 Å². The molecule has 0 atom stereocenters. The number of para-hydroxylation sites is 1. The van der Waals surface area contributed by atoms with Gasteiger partial charge in [-0.3, -0.25) is 19.9 Å². The molecule has 0 aliphatic heterocycles. The van der Waals surface area contributed by atoms with E-state index in [2.05, 4.69) is 22.4 Å². The van der Waals surface area contributed by atoms with Crippen molar-refractivity contribution in [2.24, 2.45) is 5.41 Å². The lowest BCUT2D eigenvalue weighted by molar-refractivity contribution is -0.131. The highest BCUT2D eigenvalue weighted by Gasteiger charge is 2.40. The van der Waals surface area contributed by atoms with E-state index < -0.39 is 5.41 Å². The van der Waals surface area contributed by atoms with Crippen LogP contribution in [0.5, 0.6) is 0 Å². The molecule has 4 nitrogen and oxygen atoms in total. The highest BCUT2D eigenvalue weighted by Crippen LogP contribution is 2.39. The molecule has 0 saturated heterocycles. The third-order valence-electron chi connectivity index (χ3n) is 5.76. The van der Waals surface area contributed by atoms with E-state index in [0.717, 1.165) is 48.6 Å². The SMILES string of the molecule is O=C(NC(=O)C1(Cc2ccccc2)CCCCC1)c1cnc2ccccc2c1. The minimum absolute atomic E-state index is 0.158. The van der Waals surface area contributed by atoms with Gasteiger partial charge in [0.25, 0.3) is 5.91 Å². The Balaban J connectivity index is 1.55. The number of aromatic nitrogens is 1. The topological polar surface area (TPSA) is 59.1 Å². The van der Waals surface area contributed by atoms with E-state index in [1.165, 1.54) is 6.20 Å². The molecule has 3 aromatic rings. The van der Waals surface area contributed by atoms with Crippen molar-refractivity contribution < 1.29 is 9.59 Å². The van der Waals surface area contributed by atoms with E-state index in [1.807, 2.05) is 42.5 Å². The summed E-state index contributed by atoms with van der Waals surface area (Å²) >= 11 is 0. The van der Waals surface area contributed by atoms with Gasteiger partial charge in [0.05, 0.1) is 16.5 Å². The molecular weight excluding hydrogens is 348 g/mol. The van der Waals surface area contributed by atoms with Crippen molar-refractivity contribution in [2.45, 2.75) is 38.5 Å². The maximum Gasteiger partial charge on any atom is 0.259 e. The van der Waals surface area contributed by atoms with Crippen molar-refractivity contribution in [1.82, 2.24) is 10.3 Å². The zero-order chi connectivity index (χ0) is 19.4. The number of hydrogen-bond donors (Lipinski definition) is 1. The molecule has 1 aliphatic rings. The zero-order valence-corrected chi connectivity index (χ0v) is 15.9. The third-order valence-corrected chi connectivity index (χ3v) is 5.76. The van der Waals surface area contributed by atoms with Crippen LogP contribution in [0.15, 0.2) is 66.9 Å². The normalized spacial score (nSPS) is 15.9. The maximum absolute atomic E-state index is 13.2. The molecular formula is C24H24N2O2. The fourth-order valence-corrected chi connectivity index (χ4v) is 4.20. The molecule has 1 aromatic heterocycles. The molecule has 0 radical (unpaired) electrons. The second-order valence-corrected chi connectivity index (χ2v) is 7.70. The molecule has 4 heteroatoms. The number of fused-ring (bicyclic) bond motifs is 1. The van der Waals surface area contributed by atoms with Crippen molar-refractivity contribution in [3.8, 4) is 0 Å². The van der Waals surface area contributed by atoms with Crippen molar-refractivity contribution >= 4 is 22.7 Å². The number of hydrogen-bond acceptors (Lipinski definition) is 3. The summed E-state index contributed by atoms with van der Waals surface area (Å²) in [6.07, 6.45) is 7.02. The van der Waals surface area contributed by atoms with Crippen LogP contribution in [-0.2, 0) is 11.2 Å². The lowest BCUT2D eigenvalue weighted by atomic mass is 9.69. The van der Waals surface area contributed by atoms with Crippen LogP contribution < -0.4 is 5.32 Å². The summed E-state index contributed by atoms with van der Waals surface area (Å²) in [5.74, 6) is -0.532. The Hall–Kier alpha value is -3.01. The van der Waals surface area contributed by atoms with E-state index >= 15 is 0 Å². The van der Waals surface area contributed by atoms with Crippen LogP contribution >= 0.6 is 0 Å². The lowest BCUT2D eigenvalue weighted by Crippen LogP contribution is -2.46. The van der Waals surface area contributed by atoms with Crippen molar-refractivity contribution in [2.75, 3.05) is 0 Å². The first-order valence-corrected chi connectivity index (χ1v) is 9.91. The second-order valence-electron chi connectivity index (χ2n) is 7.70. The highest BCUT2D eigenvalue weighted by atomic mass is 16.2. The molecule has 0 spiro atoms. The van der Waals surface area contributed by atoms with Crippen LogP contribution in [0.4, 0.5) is 0 Å². The van der Waals surface area contributed by atoms with Crippen LogP contribution in [0.3, 0.4) is 0 Å². The summed E-state index contributed by atoms with van der Waals surface area (Å²) in [4.78, 5) is 30.3. The van der Waals surface area contributed by atoms with Gasteiger partial charge in [0.15, 0.2) is 0 Å². The first kappa shape index (κ1) is 18.4. The number of amides is 2. The molecule has 2 aromatic carbocycles. The Bertz CT molecular complexity index is 992. The average molecular weight is 372 g/mol. The monoisotopic (exact) mass is 372 g/mol. The van der Waals surface area contributed by atoms with Crippen LogP contribution in [0.1, 0.15) is 48.0 Å². The van der Waals surface area contributed by atoms with Crippen LogP contribution in [-0.4, -0.2) is 16.8 Å². The minimum atomic E-state index is -0.514. The Labute approximate surface area is 165 Å². The summed E-state index contributed by atoms with van der Waals surface area (Å²) in [6, 6.07) is 19.5. The molecule has 4 rings (SSSR count). The lowest BCUT2D eigenvalue weighted by Gasteiger charge is -2.35. The first-order chi connectivity index (χ1) is 13.7. The molecule has 1 heterocycles.